The molecule has 38 heavy (non-hydrogen) atoms. The molecule has 2 aromatic heterocycles. The summed E-state index contributed by atoms with van der Waals surface area (Å²) in [5.41, 5.74) is 5.49. The van der Waals surface area contributed by atoms with Crippen molar-refractivity contribution in [3.8, 4) is 28.4 Å². The highest BCUT2D eigenvalue weighted by atomic mass is 35.5. The van der Waals surface area contributed by atoms with Crippen LogP contribution in [-0.2, 0) is 4.79 Å². The number of rotatable bonds is 8. The average Bonchev–Trinajstić information content (AvgIpc) is 3.43. The summed E-state index contributed by atoms with van der Waals surface area (Å²) in [6.07, 6.45) is 3.01. The Hall–Kier alpha value is -4.76. The van der Waals surface area contributed by atoms with Gasteiger partial charge in [0, 0.05) is 16.5 Å². The topological polar surface area (TPSA) is 90.6 Å². The van der Waals surface area contributed by atoms with Crippen molar-refractivity contribution in [3.05, 3.63) is 102 Å². The van der Waals surface area contributed by atoms with Gasteiger partial charge in [-0.2, -0.15) is 10.2 Å². The largest absolute Gasteiger partial charge is 0.497 e. The zero-order valence-corrected chi connectivity index (χ0v) is 20.9. The van der Waals surface area contributed by atoms with Crippen molar-refractivity contribution in [2.24, 2.45) is 5.10 Å². The molecule has 0 radical (unpaired) electrons. The van der Waals surface area contributed by atoms with Crippen LogP contribution in [0.4, 0.5) is 4.39 Å². The molecule has 5 aromatic rings. The highest BCUT2D eigenvalue weighted by Gasteiger charge is 2.15. The highest BCUT2D eigenvalue weighted by Crippen LogP contribution is 2.32. The number of para-hydroxylation sites is 1. The second-order valence-electron chi connectivity index (χ2n) is 8.11. The van der Waals surface area contributed by atoms with E-state index in [0.717, 1.165) is 11.1 Å². The van der Waals surface area contributed by atoms with Crippen molar-refractivity contribution in [3.63, 3.8) is 0 Å². The maximum atomic E-state index is 14.2. The number of carbonyl (C=O) groups is 1. The van der Waals surface area contributed by atoms with Gasteiger partial charge in [0.2, 0.25) is 0 Å². The fourth-order valence-corrected chi connectivity index (χ4v) is 4.02. The number of ether oxygens (including phenoxy) is 2. The standard InChI is InChI=1S/C28H21ClFN5O3/c1-37-22-8-9-24-18(14-22)13-19(28(29)33-24)16-31-34-27(36)17-38-26-10-7-20(30)15-23(26)25-11-12-32-35(25)21-5-3-2-4-6-21/h2-16H,17H2,1H3,(H,34,36)/b31-16+. The van der Waals surface area contributed by atoms with E-state index in [-0.39, 0.29) is 11.8 Å². The quantitative estimate of drug-likeness (QED) is 0.165. The SMILES string of the molecule is COc1ccc2nc(Cl)c(/C=N/NC(=O)COc3ccc(F)cc3-c3ccnn3-c3ccccc3)cc2c1. The predicted molar refractivity (Wildman–Crippen MR) is 143 cm³/mol. The van der Waals surface area contributed by atoms with E-state index in [0.29, 0.717) is 33.8 Å². The van der Waals surface area contributed by atoms with E-state index in [1.807, 2.05) is 36.4 Å². The number of amides is 1. The molecule has 0 spiro atoms. The maximum absolute atomic E-state index is 14.2. The zero-order chi connectivity index (χ0) is 26.5. The van der Waals surface area contributed by atoms with Crippen LogP contribution in [0.5, 0.6) is 11.5 Å². The van der Waals surface area contributed by atoms with Gasteiger partial charge in [0.15, 0.2) is 6.61 Å². The number of benzene rings is 3. The van der Waals surface area contributed by atoms with Gasteiger partial charge in [0.1, 0.15) is 22.5 Å². The molecule has 0 atom stereocenters. The van der Waals surface area contributed by atoms with E-state index in [1.54, 1.807) is 42.3 Å². The molecular weight excluding hydrogens is 509 g/mol. The van der Waals surface area contributed by atoms with Gasteiger partial charge in [-0.15, -0.1) is 0 Å². The van der Waals surface area contributed by atoms with Gasteiger partial charge in [-0.1, -0.05) is 29.8 Å². The summed E-state index contributed by atoms with van der Waals surface area (Å²) in [4.78, 5) is 16.8. The lowest BCUT2D eigenvalue weighted by atomic mass is 10.1. The van der Waals surface area contributed by atoms with Gasteiger partial charge in [0.25, 0.3) is 5.91 Å². The Morgan fingerprint density at radius 3 is 2.76 bits per heavy atom. The van der Waals surface area contributed by atoms with Crippen molar-refractivity contribution in [2.45, 2.75) is 0 Å². The summed E-state index contributed by atoms with van der Waals surface area (Å²) in [5, 5.41) is 9.37. The zero-order valence-electron chi connectivity index (χ0n) is 20.1. The third-order valence-corrected chi connectivity index (χ3v) is 5.92. The van der Waals surface area contributed by atoms with Crippen LogP contribution in [0.1, 0.15) is 5.56 Å². The number of carbonyl (C=O) groups excluding carboxylic acids is 1. The van der Waals surface area contributed by atoms with Gasteiger partial charge < -0.3 is 9.47 Å². The molecule has 2 heterocycles. The second kappa shape index (κ2) is 11.1. The molecule has 0 fully saturated rings. The van der Waals surface area contributed by atoms with Crippen LogP contribution in [0.2, 0.25) is 5.15 Å². The maximum Gasteiger partial charge on any atom is 0.277 e. The third-order valence-electron chi connectivity index (χ3n) is 5.62. The van der Waals surface area contributed by atoms with Crippen LogP contribution in [0.3, 0.4) is 0 Å². The molecule has 1 amide bonds. The fraction of sp³-hybridized carbons (Fsp3) is 0.0714. The predicted octanol–water partition coefficient (Wildman–Crippen LogP) is 5.42. The minimum atomic E-state index is -0.514. The Bertz CT molecular complexity index is 1640. The molecule has 0 unspecified atom stereocenters. The van der Waals surface area contributed by atoms with Crippen LogP contribution in [0.25, 0.3) is 27.8 Å². The lowest BCUT2D eigenvalue weighted by Crippen LogP contribution is -2.24. The summed E-state index contributed by atoms with van der Waals surface area (Å²) in [5.74, 6) is 0.0428. The first-order valence-corrected chi connectivity index (χ1v) is 11.9. The highest BCUT2D eigenvalue weighted by molar-refractivity contribution is 6.32. The molecule has 0 saturated carbocycles. The molecule has 1 N–H and O–H groups in total. The Morgan fingerprint density at radius 2 is 1.95 bits per heavy atom. The van der Waals surface area contributed by atoms with Crippen molar-refractivity contribution in [2.75, 3.05) is 13.7 Å². The monoisotopic (exact) mass is 529 g/mol. The first kappa shape index (κ1) is 24.9. The number of hydrazone groups is 1. The number of hydrogen-bond donors (Lipinski definition) is 1. The Kier molecular flexibility index (Phi) is 7.28. The molecule has 190 valence electrons. The van der Waals surface area contributed by atoms with E-state index in [9.17, 15) is 9.18 Å². The van der Waals surface area contributed by atoms with Crippen LogP contribution in [0.15, 0.2) is 90.2 Å². The molecule has 0 aliphatic heterocycles. The molecule has 5 rings (SSSR count). The van der Waals surface area contributed by atoms with Crippen molar-refractivity contribution in [1.82, 2.24) is 20.2 Å². The summed E-state index contributed by atoms with van der Waals surface area (Å²) in [6.45, 7) is -0.351. The molecular formula is C28H21ClFN5O3. The molecule has 0 saturated heterocycles. The molecule has 0 aliphatic rings. The van der Waals surface area contributed by atoms with Crippen LogP contribution in [0, 0.1) is 5.82 Å². The summed E-state index contributed by atoms with van der Waals surface area (Å²) >= 11 is 6.26. The minimum Gasteiger partial charge on any atom is -0.497 e. The van der Waals surface area contributed by atoms with Gasteiger partial charge in [0.05, 0.1) is 36.4 Å². The number of pyridine rings is 1. The summed E-state index contributed by atoms with van der Waals surface area (Å²) in [7, 11) is 1.58. The number of fused-ring (bicyclic) bond motifs is 1. The van der Waals surface area contributed by atoms with Gasteiger partial charge in [-0.05, 0) is 60.7 Å². The molecule has 10 heteroatoms. The second-order valence-corrected chi connectivity index (χ2v) is 8.47. The van der Waals surface area contributed by atoms with E-state index in [4.69, 9.17) is 21.1 Å². The van der Waals surface area contributed by atoms with Gasteiger partial charge in [-0.3, -0.25) is 4.79 Å². The Labute approximate surface area is 222 Å². The van der Waals surface area contributed by atoms with Crippen molar-refractivity contribution >= 4 is 34.6 Å². The lowest BCUT2D eigenvalue weighted by Gasteiger charge is -2.13. The number of hydrogen-bond acceptors (Lipinski definition) is 6. The first-order valence-electron chi connectivity index (χ1n) is 11.5. The Morgan fingerprint density at radius 1 is 1.11 bits per heavy atom. The number of halogens is 2. The van der Waals surface area contributed by atoms with E-state index in [1.165, 1.54) is 24.4 Å². The van der Waals surface area contributed by atoms with E-state index >= 15 is 0 Å². The first-order chi connectivity index (χ1) is 18.5. The summed E-state index contributed by atoms with van der Waals surface area (Å²) < 4.78 is 26.8. The van der Waals surface area contributed by atoms with E-state index < -0.39 is 11.7 Å². The normalized spacial score (nSPS) is 11.1. The van der Waals surface area contributed by atoms with Gasteiger partial charge in [-0.25, -0.2) is 19.5 Å². The number of nitrogens with zero attached hydrogens (tertiary/aromatic N) is 4. The lowest BCUT2D eigenvalue weighted by molar-refractivity contribution is -0.123. The average molecular weight is 530 g/mol. The minimum absolute atomic E-state index is 0.239. The van der Waals surface area contributed by atoms with Gasteiger partial charge >= 0.3 is 0 Å². The van der Waals surface area contributed by atoms with E-state index in [2.05, 4.69) is 20.6 Å². The van der Waals surface area contributed by atoms with Crippen LogP contribution < -0.4 is 14.9 Å². The van der Waals surface area contributed by atoms with Crippen molar-refractivity contribution < 1.29 is 18.7 Å². The van der Waals surface area contributed by atoms with Crippen LogP contribution in [-0.4, -0.2) is 40.6 Å². The molecule has 8 nitrogen and oxygen atoms in total. The van der Waals surface area contributed by atoms with Crippen LogP contribution >= 0.6 is 11.6 Å². The third kappa shape index (κ3) is 5.47. The number of aromatic nitrogens is 3. The molecule has 0 aliphatic carbocycles. The van der Waals surface area contributed by atoms with Crippen molar-refractivity contribution in [1.29, 1.82) is 0 Å². The molecule has 3 aromatic carbocycles. The Balaban J connectivity index is 1.29. The smallest absolute Gasteiger partial charge is 0.277 e. The number of nitrogens with one attached hydrogen (secondary N) is 1. The number of methoxy groups -OCH3 is 1. The molecule has 0 bridgehead atoms. The fourth-order valence-electron chi connectivity index (χ4n) is 3.82. The summed E-state index contributed by atoms with van der Waals surface area (Å²) in [6, 6.07) is 22.5.